The fourth-order valence-electron chi connectivity index (χ4n) is 1.87. The maximum Gasteiger partial charge on any atom is 0.0689 e. The molecule has 1 N–H and O–H groups in total. The first kappa shape index (κ1) is 14.5. The number of thiocarbonyl (C=S) groups is 1. The van der Waals surface area contributed by atoms with Crippen LogP contribution < -0.4 is 15.7 Å². The Labute approximate surface area is 125 Å². The number of benzene rings is 2. The van der Waals surface area contributed by atoms with Crippen LogP contribution in [0, 0.1) is 0 Å². The van der Waals surface area contributed by atoms with Crippen molar-refractivity contribution < 1.29 is 0 Å². The van der Waals surface area contributed by atoms with Gasteiger partial charge in [-0.15, -0.1) is 0 Å². The minimum absolute atomic E-state index is 0.0127. The topological polar surface area (TPSA) is 12.0 Å². The van der Waals surface area contributed by atoms with Gasteiger partial charge >= 0.3 is 0 Å². The Balaban J connectivity index is 2.51. The van der Waals surface area contributed by atoms with Gasteiger partial charge in [-0.3, -0.25) is 5.09 Å². The molecule has 0 fully saturated rings. The summed E-state index contributed by atoms with van der Waals surface area (Å²) in [5.41, 5.74) is 0. The van der Waals surface area contributed by atoms with E-state index in [9.17, 15) is 0 Å². The molecule has 0 spiro atoms. The number of hydrogen-bond donors (Lipinski definition) is 1. The summed E-state index contributed by atoms with van der Waals surface area (Å²) in [4.78, 5) is 0. The van der Waals surface area contributed by atoms with Crippen LogP contribution in [0.4, 0.5) is 0 Å². The summed E-state index contributed by atoms with van der Waals surface area (Å²) in [6, 6.07) is 20.4. The Morgan fingerprint density at radius 2 is 1.37 bits per heavy atom. The van der Waals surface area contributed by atoms with Crippen molar-refractivity contribution in [1.29, 1.82) is 0 Å². The minimum Gasteiger partial charge on any atom is -0.274 e. The van der Waals surface area contributed by atoms with E-state index >= 15 is 0 Å². The van der Waals surface area contributed by atoms with E-state index in [-0.39, 0.29) is 6.04 Å². The molecule has 1 radical (unpaired) electrons. The maximum absolute atomic E-state index is 5.99. The summed E-state index contributed by atoms with van der Waals surface area (Å²) in [6.45, 7) is 1.99. The molecule has 97 valence electrons. The molecule has 0 aliphatic carbocycles. The molecule has 0 heterocycles. The predicted octanol–water partition coefficient (Wildman–Crippen LogP) is 2.89. The van der Waals surface area contributed by atoms with E-state index in [0.717, 1.165) is 10.6 Å². The molecule has 2 aromatic carbocycles. The van der Waals surface area contributed by atoms with Gasteiger partial charge in [-0.2, -0.15) is 0 Å². The Morgan fingerprint density at radius 3 is 1.74 bits per heavy atom. The summed E-state index contributed by atoms with van der Waals surface area (Å²) in [6.07, 6.45) is -2.04. The van der Waals surface area contributed by atoms with Gasteiger partial charge in [-0.25, -0.2) is 0 Å². The van der Waals surface area contributed by atoms with E-state index in [0.29, 0.717) is 0 Å². The fraction of sp³-hybridized carbons (Fsp3) is 0.133. The lowest BCUT2D eigenvalue weighted by atomic mass is 10.4. The molecule has 4 heteroatoms. The number of rotatable bonds is 5. The van der Waals surface area contributed by atoms with Crippen molar-refractivity contribution >= 4 is 46.2 Å². The van der Waals surface area contributed by atoms with E-state index in [4.69, 9.17) is 24.0 Å². The van der Waals surface area contributed by atoms with Gasteiger partial charge in [0.25, 0.3) is 0 Å². The lowest BCUT2D eigenvalue weighted by molar-refractivity contribution is 0.914. The highest BCUT2D eigenvalue weighted by atomic mass is 32.4. The summed E-state index contributed by atoms with van der Waals surface area (Å²) in [7, 11) is 0. The third-order valence-electron chi connectivity index (χ3n) is 2.79. The fourth-order valence-corrected chi connectivity index (χ4v) is 5.61. The zero-order valence-corrected chi connectivity index (χ0v) is 13.1. The van der Waals surface area contributed by atoms with Crippen molar-refractivity contribution in [2.75, 3.05) is 0 Å². The molecule has 0 saturated carbocycles. The van der Waals surface area contributed by atoms with E-state index in [1.165, 1.54) is 0 Å². The van der Waals surface area contributed by atoms with E-state index in [2.05, 4.69) is 34.7 Å². The molecule has 0 aromatic heterocycles. The van der Waals surface area contributed by atoms with Crippen molar-refractivity contribution in [3.05, 3.63) is 60.7 Å². The van der Waals surface area contributed by atoms with Gasteiger partial charge in [-0.05, 0) is 6.92 Å². The second kappa shape index (κ2) is 6.53. The first-order chi connectivity index (χ1) is 9.16. The van der Waals surface area contributed by atoms with Crippen LogP contribution in [0.5, 0.6) is 0 Å². The van der Waals surface area contributed by atoms with Crippen LogP contribution in [0.25, 0.3) is 0 Å². The van der Waals surface area contributed by atoms with Crippen LogP contribution in [-0.4, -0.2) is 11.4 Å². The zero-order valence-electron chi connectivity index (χ0n) is 10.6. The van der Waals surface area contributed by atoms with Crippen LogP contribution in [0.1, 0.15) is 6.92 Å². The highest BCUT2D eigenvalue weighted by Crippen LogP contribution is 2.39. The summed E-state index contributed by atoms with van der Waals surface area (Å²) in [5.74, 6) is 0. The van der Waals surface area contributed by atoms with Crippen LogP contribution in [0.15, 0.2) is 60.7 Å². The quantitative estimate of drug-likeness (QED) is 0.674. The molecule has 1 unspecified atom stereocenters. The molecule has 0 saturated heterocycles. The smallest absolute Gasteiger partial charge is 0.0689 e. The maximum atomic E-state index is 5.99. The Morgan fingerprint density at radius 1 is 0.947 bits per heavy atom. The van der Waals surface area contributed by atoms with Crippen molar-refractivity contribution in [1.82, 2.24) is 5.09 Å². The Bertz CT molecular complexity index is 540. The van der Waals surface area contributed by atoms with Gasteiger partial charge in [0, 0.05) is 22.0 Å². The third-order valence-corrected chi connectivity index (χ3v) is 7.53. The largest absolute Gasteiger partial charge is 0.274 e. The van der Waals surface area contributed by atoms with Crippen LogP contribution in [0.2, 0.25) is 0 Å². The molecule has 0 bridgehead atoms. The average Bonchev–Trinajstić information content (AvgIpc) is 2.48. The second-order valence-electron chi connectivity index (χ2n) is 4.25. The first-order valence-corrected chi connectivity index (χ1v) is 9.24. The van der Waals surface area contributed by atoms with Crippen molar-refractivity contribution in [3.8, 4) is 0 Å². The Kier molecular flexibility index (Phi) is 5.00. The minimum atomic E-state index is -2.04. The van der Waals surface area contributed by atoms with Crippen LogP contribution in [-0.2, 0) is 11.8 Å². The van der Waals surface area contributed by atoms with Crippen molar-refractivity contribution in [3.63, 3.8) is 0 Å². The van der Waals surface area contributed by atoms with Gasteiger partial charge in [0.15, 0.2) is 0 Å². The van der Waals surface area contributed by atoms with Gasteiger partial charge in [0.2, 0.25) is 0 Å². The molecule has 0 amide bonds. The highest BCUT2D eigenvalue weighted by molar-refractivity contribution is 8.21. The van der Waals surface area contributed by atoms with E-state index in [1.54, 1.807) is 0 Å². The predicted molar refractivity (Wildman–Crippen MR) is 91.6 cm³/mol. The highest BCUT2D eigenvalue weighted by Gasteiger charge is 2.23. The van der Waals surface area contributed by atoms with Crippen LogP contribution in [0.3, 0.4) is 0 Å². The SMILES string of the molecule is CC([C]=S)NP(=S)(c1ccccc1)c1ccccc1. The summed E-state index contributed by atoms with van der Waals surface area (Å²) >= 11 is 10.9. The standard InChI is InChI=1S/C15H15NPS2/c1-13(12-18)16-17(19,14-8-4-2-5-9-14)15-10-6-3-7-11-15/h2-11,13H,1H3,(H,16,19). The zero-order chi connectivity index (χ0) is 13.7. The summed E-state index contributed by atoms with van der Waals surface area (Å²) in [5, 5.41) is 8.57. The molecule has 19 heavy (non-hydrogen) atoms. The van der Waals surface area contributed by atoms with Gasteiger partial charge in [0.1, 0.15) is 0 Å². The van der Waals surface area contributed by atoms with Gasteiger partial charge in [-0.1, -0.05) is 84.7 Å². The third kappa shape index (κ3) is 3.37. The molecule has 2 aromatic rings. The lowest BCUT2D eigenvalue weighted by Crippen LogP contribution is -2.33. The molecule has 0 aliphatic heterocycles. The molecule has 0 aliphatic rings. The van der Waals surface area contributed by atoms with E-state index < -0.39 is 6.19 Å². The van der Waals surface area contributed by atoms with E-state index in [1.807, 2.05) is 43.3 Å². The Hall–Kier alpha value is -0.860. The molecule has 2 rings (SSSR count). The average molecular weight is 304 g/mol. The molecular formula is C15H15NPS2. The van der Waals surface area contributed by atoms with Gasteiger partial charge < -0.3 is 0 Å². The molecular weight excluding hydrogens is 289 g/mol. The second-order valence-corrected chi connectivity index (χ2v) is 8.64. The lowest BCUT2D eigenvalue weighted by Gasteiger charge is -2.26. The van der Waals surface area contributed by atoms with Crippen molar-refractivity contribution in [2.45, 2.75) is 13.0 Å². The van der Waals surface area contributed by atoms with Crippen molar-refractivity contribution in [2.24, 2.45) is 0 Å². The van der Waals surface area contributed by atoms with Crippen LogP contribution >= 0.6 is 18.4 Å². The molecule has 1 nitrogen and oxygen atoms in total. The number of nitrogens with one attached hydrogen (secondary N) is 1. The summed E-state index contributed by atoms with van der Waals surface area (Å²) < 4.78 is 0. The monoisotopic (exact) mass is 304 g/mol. The van der Waals surface area contributed by atoms with Gasteiger partial charge in [0.05, 0.1) is 6.19 Å². The molecule has 1 atom stereocenters. The normalized spacial score (nSPS) is 12.9. The number of hydrogen-bond acceptors (Lipinski definition) is 2. The first-order valence-electron chi connectivity index (χ1n) is 6.03.